The second-order valence-corrected chi connectivity index (χ2v) is 6.04. The maximum Gasteiger partial charge on any atom is 0.237 e. The van der Waals surface area contributed by atoms with Crippen LogP contribution < -0.4 is 16.8 Å². The number of ether oxygens (including phenoxy) is 1. The standard InChI is InChI=1S/C15H23N7O3/c1-9-11(23)14(24,5-3-4-6-16)15(18-2,25-9)22-8-21-10-12(17)19-7-20-13(10)22/h3-4,7-9,11,18,23-24H,5-6,16H2,1-2H3,(H2,17,19,20)/t9-,11-,14-,15+/m1/s1. The van der Waals surface area contributed by atoms with Crippen molar-refractivity contribution < 1.29 is 14.9 Å². The number of aromatic nitrogens is 4. The monoisotopic (exact) mass is 349 g/mol. The summed E-state index contributed by atoms with van der Waals surface area (Å²) in [5.41, 5.74) is 10.4. The molecule has 7 N–H and O–H groups in total. The van der Waals surface area contributed by atoms with Gasteiger partial charge in [0.15, 0.2) is 17.1 Å². The molecular weight excluding hydrogens is 326 g/mol. The Morgan fingerprint density at radius 2 is 2.16 bits per heavy atom. The number of imidazole rings is 1. The summed E-state index contributed by atoms with van der Waals surface area (Å²) >= 11 is 0. The van der Waals surface area contributed by atoms with E-state index in [2.05, 4.69) is 20.3 Å². The van der Waals surface area contributed by atoms with Crippen molar-refractivity contribution in [3.05, 3.63) is 24.8 Å². The van der Waals surface area contributed by atoms with Gasteiger partial charge in [0.05, 0.1) is 6.10 Å². The molecule has 3 rings (SSSR count). The molecule has 136 valence electrons. The predicted octanol–water partition coefficient (Wildman–Crippen LogP) is -1.35. The first-order valence-electron chi connectivity index (χ1n) is 7.97. The fourth-order valence-electron chi connectivity index (χ4n) is 3.39. The van der Waals surface area contributed by atoms with Crippen LogP contribution in [-0.2, 0) is 10.6 Å². The van der Waals surface area contributed by atoms with Crippen LogP contribution in [0.25, 0.3) is 11.2 Å². The van der Waals surface area contributed by atoms with Crippen LogP contribution in [0.3, 0.4) is 0 Å². The number of likely N-dealkylation sites (N-methyl/N-ethyl adjacent to an activating group) is 1. The van der Waals surface area contributed by atoms with Gasteiger partial charge in [0, 0.05) is 13.0 Å². The van der Waals surface area contributed by atoms with E-state index in [0.29, 0.717) is 17.7 Å². The summed E-state index contributed by atoms with van der Waals surface area (Å²) in [6, 6.07) is 0. The Morgan fingerprint density at radius 3 is 2.84 bits per heavy atom. The van der Waals surface area contributed by atoms with Crippen LogP contribution in [0.2, 0.25) is 0 Å². The summed E-state index contributed by atoms with van der Waals surface area (Å²) < 4.78 is 7.53. The molecule has 0 aliphatic carbocycles. The summed E-state index contributed by atoms with van der Waals surface area (Å²) in [5.74, 6) is -1.28. The van der Waals surface area contributed by atoms with Gasteiger partial charge in [0.25, 0.3) is 0 Å². The highest BCUT2D eigenvalue weighted by Crippen LogP contribution is 2.45. The Labute approximate surface area is 144 Å². The van der Waals surface area contributed by atoms with Crippen molar-refractivity contribution in [2.45, 2.75) is 37.0 Å². The maximum atomic E-state index is 11.4. The van der Waals surface area contributed by atoms with E-state index in [9.17, 15) is 10.2 Å². The summed E-state index contributed by atoms with van der Waals surface area (Å²) in [5, 5.41) is 25.0. The zero-order valence-corrected chi connectivity index (χ0v) is 14.1. The second-order valence-electron chi connectivity index (χ2n) is 6.04. The first-order valence-corrected chi connectivity index (χ1v) is 7.97. The van der Waals surface area contributed by atoms with E-state index < -0.39 is 23.7 Å². The molecule has 1 aliphatic heterocycles. The number of nitrogen functional groups attached to an aromatic ring is 1. The smallest absolute Gasteiger partial charge is 0.237 e. The lowest BCUT2D eigenvalue weighted by atomic mass is 9.87. The molecule has 1 aliphatic rings. The largest absolute Gasteiger partial charge is 0.387 e. The van der Waals surface area contributed by atoms with Gasteiger partial charge in [-0.15, -0.1) is 0 Å². The number of hydrogen-bond acceptors (Lipinski definition) is 9. The number of nitrogens with two attached hydrogens (primary N) is 2. The third-order valence-electron chi connectivity index (χ3n) is 4.65. The quantitative estimate of drug-likeness (QED) is 0.412. The van der Waals surface area contributed by atoms with Crippen LogP contribution in [0.5, 0.6) is 0 Å². The summed E-state index contributed by atoms with van der Waals surface area (Å²) in [6.45, 7) is 2.01. The molecule has 25 heavy (non-hydrogen) atoms. The molecule has 1 fully saturated rings. The van der Waals surface area contributed by atoms with E-state index in [0.717, 1.165) is 0 Å². The Balaban J connectivity index is 2.19. The molecule has 3 heterocycles. The van der Waals surface area contributed by atoms with E-state index in [1.54, 1.807) is 26.1 Å². The van der Waals surface area contributed by atoms with Gasteiger partial charge in [-0.05, 0) is 14.0 Å². The zero-order chi connectivity index (χ0) is 18.2. The van der Waals surface area contributed by atoms with Gasteiger partial charge >= 0.3 is 0 Å². The lowest BCUT2D eigenvalue weighted by Crippen LogP contribution is -2.63. The highest BCUT2D eigenvalue weighted by molar-refractivity contribution is 5.81. The Morgan fingerprint density at radius 1 is 1.40 bits per heavy atom. The van der Waals surface area contributed by atoms with Crippen LogP contribution in [0.15, 0.2) is 24.8 Å². The van der Waals surface area contributed by atoms with Crippen LogP contribution in [0.4, 0.5) is 5.82 Å². The number of anilines is 1. The lowest BCUT2D eigenvalue weighted by Gasteiger charge is -2.41. The SMILES string of the molecule is CN[C@@]1(n2cnc3c(N)ncnc32)O[C@H](C)[C@@H](O)[C@]1(O)CC=CCN. The average molecular weight is 349 g/mol. The van der Waals surface area contributed by atoms with Crippen molar-refractivity contribution in [1.82, 2.24) is 24.8 Å². The summed E-state index contributed by atoms with van der Waals surface area (Å²) in [6.07, 6.45) is 4.49. The highest BCUT2D eigenvalue weighted by Gasteiger charge is 2.64. The molecule has 2 aromatic heterocycles. The normalized spacial score (nSPS) is 32.8. The first-order chi connectivity index (χ1) is 11.9. The molecule has 4 atom stereocenters. The van der Waals surface area contributed by atoms with Gasteiger partial charge in [-0.2, -0.15) is 0 Å². The van der Waals surface area contributed by atoms with Gasteiger partial charge in [0.2, 0.25) is 5.85 Å². The number of aliphatic hydroxyl groups excluding tert-OH is 1. The van der Waals surface area contributed by atoms with Crippen LogP contribution in [-0.4, -0.2) is 61.1 Å². The van der Waals surface area contributed by atoms with Gasteiger partial charge in [-0.25, -0.2) is 15.0 Å². The predicted molar refractivity (Wildman–Crippen MR) is 91.1 cm³/mol. The summed E-state index contributed by atoms with van der Waals surface area (Å²) in [4.78, 5) is 12.4. The number of rotatable bonds is 5. The molecule has 0 unspecified atom stereocenters. The van der Waals surface area contributed by atoms with Crippen molar-refractivity contribution in [3.8, 4) is 0 Å². The third-order valence-corrected chi connectivity index (χ3v) is 4.65. The Hall–Kier alpha value is -2.11. The molecule has 0 bridgehead atoms. The number of hydrogen-bond donors (Lipinski definition) is 5. The van der Waals surface area contributed by atoms with Crippen molar-refractivity contribution in [2.75, 3.05) is 19.3 Å². The number of nitrogens with zero attached hydrogens (tertiary/aromatic N) is 4. The van der Waals surface area contributed by atoms with Crippen LogP contribution >= 0.6 is 0 Å². The van der Waals surface area contributed by atoms with Crippen molar-refractivity contribution in [2.24, 2.45) is 5.73 Å². The molecule has 2 aromatic rings. The lowest BCUT2D eigenvalue weighted by molar-refractivity contribution is -0.207. The molecular formula is C15H23N7O3. The first kappa shape index (κ1) is 17.7. The fraction of sp³-hybridized carbons (Fsp3) is 0.533. The number of nitrogens with one attached hydrogen (secondary N) is 1. The fourth-order valence-corrected chi connectivity index (χ4v) is 3.39. The minimum Gasteiger partial charge on any atom is -0.387 e. The highest BCUT2D eigenvalue weighted by atomic mass is 16.6. The van der Waals surface area contributed by atoms with E-state index in [-0.39, 0.29) is 12.2 Å². The van der Waals surface area contributed by atoms with E-state index in [1.807, 2.05) is 0 Å². The second kappa shape index (κ2) is 6.32. The minimum absolute atomic E-state index is 0.108. The van der Waals surface area contributed by atoms with Crippen molar-refractivity contribution in [1.29, 1.82) is 0 Å². The Bertz CT molecular complexity index is 795. The number of aliphatic hydroxyl groups is 2. The molecule has 0 radical (unpaired) electrons. The van der Waals surface area contributed by atoms with Gasteiger partial charge in [0.1, 0.15) is 24.3 Å². The maximum absolute atomic E-state index is 11.4. The summed E-state index contributed by atoms with van der Waals surface area (Å²) in [7, 11) is 1.62. The van der Waals surface area contributed by atoms with E-state index in [4.69, 9.17) is 16.2 Å². The van der Waals surface area contributed by atoms with Crippen molar-refractivity contribution in [3.63, 3.8) is 0 Å². The molecule has 0 spiro atoms. The van der Waals surface area contributed by atoms with Gasteiger partial charge in [-0.3, -0.25) is 9.88 Å². The third kappa shape index (κ3) is 2.41. The minimum atomic E-state index is -1.69. The molecule has 0 saturated carbocycles. The average Bonchev–Trinajstić information content (AvgIpc) is 3.11. The molecule has 10 nitrogen and oxygen atoms in total. The molecule has 10 heteroatoms. The van der Waals surface area contributed by atoms with Crippen LogP contribution in [0.1, 0.15) is 13.3 Å². The Kier molecular flexibility index (Phi) is 4.47. The molecule has 0 amide bonds. The molecule has 1 saturated heterocycles. The topological polar surface area (TPSA) is 157 Å². The van der Waals surface area contributed by atoms with E-state index in [1.165, 1.54) is 17.2 Å². The van der Waals surface area contributed by atoms with Gasteiger partial charge < -0.3 is 26.4 Å². The van der Waals surface area contributed by atoms with Crippen LogP contribution in [0, 0.1) is 0 Å². The van der Waals surface area contributed by atoms with Gasteiger partial charge in [-0.1, -0.05) is 12.2 Å². The zero-order valence-electron chi connectivity index (χ0n) is 14.1. The molecule has 0 aromatic carbocycles. The van der Waals surface area contributed by atoms with Crippen molar-refractivity contribution >= 4 is 17.0 Å². The van der Waals surface area contributed by atoms with E-state index >= 15 is 0 Å². The number of fused-ring (bicyclic) bond motifs is 1.